The van der Waals surface area contributed by atoms with Gasteiger partial charge in [0, 0.05) is 18.7 Å². The summed E-state index contributed by atoms with van der Waals surface area (Å²) in [6, 6.07) is 10.5. The minimum atomic E-state index is -0.409. The van der Waals surface area contributed by atoms with Gasteiger partial charge in [-0.3, -0.25) is 14.5 Å². The number of nitrogens with zero attached hydrogens (tertiary/aromatic N) is 2. The number of rotatable bonds is 5. The van der Waals surface area contributed by atoms with E-state index in [-0.39, 0.29) is 24.9 Å². The van der Waals surface area contributed by atoms with E-state index in [9.17, 15) is 14.4 Å². The molecule has 0 radical (unpaired) electrons. The third kappa shape index (κ3) is 3.68. The van der Waals surface area contributed by atoms with E-state index in [4.69, 9.17) is 9.47 Å². The predicted molar refractivity (Wildman–Crippen MR) is 108 cm³/mol. The van der Waals surface area contributed by atoms with Crippen LogP contribution in [0, 0.1) is 0 Å². The molecule has 2 heterocycles. The molecule has 8 heteroatoms. The second kappa shape index (κ2) is 8.06. The van der Waals surface area contributed by atoms with Crippen LogP contribution in [0.4, 0.5) is 4.79 Å². The molecule has 0 bridgehead atoms. The number of benzene rings is 2. The minimum absolute atomic E-state index is 0.0128. The maximum absolute atomic E-state index is 13.1. The van der Waals surface area contributed by atoms with Crippen molar-refractivity contribution >= 4 is 17.8 Å². The number of methoxy groups -OCH3 is 2. The summed E-state index contributed by atoms with van der Waals surface area (Å²) >= 11 is 0. The van der Waals surface area contributed by atoms with Gasteiger partial charge in [-0.25, -0.2) is 4.79 Å². The van der Waals surface area contributed by atoms with Crippen LogP contribution in [0.1, 0.15) is 27.0 Å². The summed E-state index contributed by atoms with van der Waals surface area (Å²) in [5, 5.41) is 2.50. The van der Waals surface area contributed by atoms with Crippen LogP contribution in [0.25, 0.3) is 0 Å². The Morgan fingerprint density at radius 2 is 1.80 bits per heavy atom. The fourth-order valence-corrected chi connectivity index (χ4v) is 3.84. The van der Waals surface area contributed by atoms with Gasteiger partial charge in [-0.2, -0.15) is 0 Å². The Morgan fingerprint density at radius 3 is 2.47 bits per heavy atom. The summed E-state index contributed by atoms with van der Waals surface area (Å²) in [6.45, 7) is 1.23. The molecule has 2 aromatic rings. The highest BCUT2D eigenvalue weighted by molar-refractivity contribution is 6.02. The number of hydrogen-bond acceptors (Lipinski definition) is 5. The second-order valence-corrected chi connectivity index (χ2v) is 7.29. The maximum Gasteiger partial charge on any atom is 0.324 e. The van der Waals surface area contributed by atoms with E-state index in [2.05, 4.69) is 5.32 Å². The van der Waals surface area contributed by atoms with E-state index in [1.54, 1.807) is 43.4 Å². The molecule has 8 nitrogen and oxygen atoms in total. The molecule has 1 N–H and O–H groups in total. The molecule has 0 spiro atoms. The van der Waals surface area contributed by atoms with Crippen LogP contribution in [0.15, 0.2) is 36.4 Å². The zero-order chi connectivity index (χ0) is 21.3. The molecule has 0 unspecified atom stereocenters. The number of imide groups is 1. The molecule has 2 aliphatic heterocycles. The van der Waals surface area contributed by atoms with E-state index >= 15 is 0 Å². The van der Waals surface area contributed by atoms with Gasteiger partial charge in [-0.15, -0.1) is 0 Å². The number of carbonyl (C=O) groups excluding carboxylic acids is 3. The van der Waals surface area contributed by atoms with Gasteiger partial charge in [0.15, 0.2) is 11.5 Å². The summed E-state index contributed by atoms with van der Waals surface area (Å²) in [7, 11) is 3.20. The van der Waals surface area contributed by atoms with Gasteiger partial charge in [0.2, 0.25) is 5.91 Å². The molecule has 156 valence electrons. The average Bonchev–Trinajstić information content (AvgIpc) is 3.09. The number of ether oxygens (including phenoxy) is 2. The first kappa shape index (κ1) is 19.8. The van der Waals surface area contributed by atoms with Gasteiger partial charge in [-0.05, 0) is 47.4 Å². The molecular weight excluding hydrogens is 386 g/mol. The third-order valence-corrected chi connectivity index (χ3v) is 5.46. The number of carbonyl (C=O) groups is 3. The van der Waals surface area contributed by atoms with Crippen LogP contribution in [0.2, 0.25) is 0 Å². The fourth-order valence-electron chi connectivity index (χ4n) is 3.84. The van der Waals surface area contributed by atoms with E-state index in [1.165, 1.54) is 0 Å². The molecule has 30 heavy (non-hydrogen) atoms. The Morgan fingerprint density at radius 1 is 1.07 bits per heavy atom. The van der Waals surface area contributed by atoms with Crippen LogP contribution in [0.3, 0.4) is 0 Å². The van der Waals surface area contributed by atoms with Crippen molar-refractivity contribution in [3.63, 3.8) is 0 Å². The van der Waals surface area contributed by atoms with Crippen LogP contribution in [0.5, 0.6) is 11.5 Å². The molecule has 2 aliphatic rings. The van der Waals surface area contributed by atoms with Gasteiger partial charge < -0.3 is 19.7 Å². The zero-order valence-electron chi connectivity index (χ0n) is 16.9. The molecule has 1 saturated heterocycles. The largest absolute Gasteiger partial charge is 0.493 e. The van der Waals surface area contributed by atoms with Crippen molar-refractivity contribution < 1.29 is 23.9 Å². The van der Waals surface area contributed by atoms with Crippen LogP contribution >= 0.6 is 0 Å². The standard InChI is InChI=1S/C22H23N3O5/c1-29-18-9-15-6-7-24(13-17(15)10-19(18)30-2)21(27)16-5-3-4-14(8-16)12-25-20(26)11-23-22(25)28/h3-5,8-10H,6-7,11-13H2,1-2H3,(H,23,28). The Hall–Kier alpha value is -3.55. The highest BCUT2D eigenvalue weighted by Gasteiger charge is 2.29. The summed E-state index contributed by atoms with van der Waals surface area (Å²) in [5.74, 6) is 0.966. The van der Waals surface area contributed by atoms with Crippen molar-refractivity contribution in [1.82, 2.24) is 15.1 Å². The predicted octanol–water partition coefficient (Wildman–Crippen LogP) is 1.95. The number of urea groups is 1. The first-order valence-corrected chi connectivity index (χ1v) is 9.70. The minimum Gasteiger partial charge on any atom is -0.493 e. The number of amides is 4. The summed E-state index contributed by atoms with van der Waals surface area (Å²) in [6.07, 6.45) is 0.726. The first-order valence-electron chi connectivity index (χ1n) is 9.70. The van der Waals surface area contributed by atoms with E-state index in [0.29, 0.717) is 30.2 Å². The van der Waals surface area contributed by atoms with Crippen molar-refractivity contribution in [1.29, 1.82) is 0 Å². The Kier molecular flexibility index (Phi) is 5.31. The lowest BCUT2D eigenvalue weighted by Gasteiger charge is -2.30. The maximum atomic E-state index is 13.1. The molecule has 0 saturated carbocycles. The van der Waals surface area contributed by atoms with E-state index < -0.39 is 6.03 Å². The Labute approximate surface area is 174 Å². The number of nitrogens with one attached hydrogen (secondary N) is 1. The molecule has 1 fully saturated rings. The molecule has 0 aliphatic carbocycles. The van der Waals surface area contributed by atoms with Crippen LogP contribution in [-0.2, 0) is 24.3 Å². The van der Waals surface area contributed by atoms with Crippen LogP contribution < -0.4 is 14.8 Å². The first-order chi connectivity index (χ1) is 14.5. The lowest BCUT2D eigenvalue weighted by atomic mass is 9.98. The van der Waals surface area contributed by atoms with Crippen molar-refractivity contribution in [2.24, 2.45) is 0 Å². The van der Waals surface area contributed by atoms with Crippen molar-refractivity contribution in [3.05, 3.63) is 58.7 Å². The topological polar surface area (TPSA) is 88.2 Å². The molecule has 0 aromatic heterocycles. The van der Waals surface area contributed by atoms with Crippen LogP contribution in [-0.4, -0.2) is 55.0 Å². The van der Waals surface area contributed by atoms with Gasteiger partial charge in [0.25, 0.3) is 5.91 Å². The van der Waals surface area contributed by atoms with E-state index in [1.807, 2.05) is 12.1 Å². The summed E-state index contributed by atoms with van der Waals surface area (Å²) in [4.78, 5) is 39.6. The quantitative estimate of drug-likeness (QED) is 0.763. The summed E-state index contributed by atoms with van der Waals surface area (Å²) in [5.41, 5.74) is 3.44. The van der Waals surface area contributed by atoms with Crippen molar-refractivity contribution in [2.75, 3.05) is 27.3 Å². The highest BCUT2D eigenvalue weighted by atomic mass is 16.5. The smallest absolute Gasteiger partial charge is 0.324 e. The van der Waals surface area contributed by atoms with E-state index in [0.717, 1.165) is 28.0 Å². The number of hydrogen-bond donors (Lipinski definition) is 1. The second-order valence-electron chi connectivity index (χ2n) is 7.29. The summed E-state index contributed by atoms with van der Waals surface area (Å²) < 4.78 is 10.8. The molecule has 2 aromatic carbocycles. The number of fused-ring (bicyclic) bond motifs is 1. The Bertz CT molecular complexity index is 1000. The molecule has 4 amide bonds. The van der Waals surface area contributed by atoms with Gasteiger partial charge in [0.1, 0.15) is 0 Å². The SMILES string of the molecule is COc1cc2c(cc1OC)CN(C(=O)c1cccc(CN3C(=O)CNC3=O)c1)CC2. The molecule has 4 rings (SSSR count). The Balaban J connectivity index is 1.51. The lowest BCUT2D eigenvalue weighted by molar-refractivity contribution is -0.125. The lowest BCUT2D eigenvalue weighted by Crippen LogP contribution is -2.36. The van der Waals surface area contributed by atoms with Gasteiger partial charge in [-0.1, -0.05) is 12.1 Å². The highest BCUT2D eigenvalue weighted by Crippen LogP contribution is 2.33. The normalized spacial score (nSPS) is 15.7. The fraction of sp³-hybridized carbons (Fsp3) is 0.318. The molecule has 0 atom stereocenters. The molecular formula is C22H23N3O5. The third-order valence-electron chi connectivity index (χ3n) is 5.46. The average molecular weight is 409 g/mol. The van der Waals surface area contributed by atoms with Crippen molar-refractivity contribution in [2.45, 2.75) is 19.5 Å². The van der Waals surface area contributed by atoms with Crippen molar-refractivity contribution in [3.8, 4) is 11.5 Å². The zero-order valence-corrected chi connectivity index (χ0v) is 16.9. The van der Waals surface area contributed by atoms with Gasteiger partial charge >= 0.3 is 6.03 Å². The van der Waals surface area contributed by atoms with Gasteiger partial charge in [0.05, 0.1) is 27.3 Å². The monoisotopic (exact) mass is 409 g/mol.